The minimum Gasteiger partial charge on any atom is -0.463 e. The van der Waals surface area contributed by atoms with Crippen LogP contribution in [0.4, 0.5) is 5.82 Å². The van der Waals surface area contributed by atoms with Gasteiger partial charge in [-0.05, 0) is 43.3 Å². The van der Waals surface area contributed by atoms with Crippen LogP contribution in [-0.4, -0.2) is 54.9 Å². The first kappa shape index (κ1) is 19.3. The zero-order valence-corrected chi connectivity index (χ0v) is 16.7. The molecule has 8 nitrogen and oxygen atoms in total. The van der Waals surface area contributed by atoms with Crippen molar-refractivity contribution in [1.29, 1.82) is 0 Å². The van der Waals surface area contributed by atoms with Crippen LogP contribution >= 0.6 is 0 Å². The van der Waals surface area contributed by atoms with Crippen LogP contribution in [0.25, 0.3) is 11.5 Å². The maximum Gasteiger partial charge on any atom is 0.243 e. The van der Waals surface area contributed by atoms with Crippen LogP contribution in [-0.2, 0) is 10.0 Å². The molecule has 1 aromatic carbocycles. The van der Waals surface area contributed by atoms with E-state index >= 15 is 0 Å². The number of piperazine rings is 1. The molecule has 1 aliphatic heterocycles. The first-order chi connectivity index (χ1) is 13.9. The largest absolute Gasteiger partial charge is 0.463 e. The number of carbonyl (C=O) groups is 1. The standard InChI is InChI=1S/C20H20N4O4S/c1-15(25)16-4-2-5-17(14-16)29(26,27)24-11-9-23(10-12-24)20-8-7-18(21-22-20)19-6-3-13-28-19/h2-8,13-14H,9-12H2,1H3. The van der Waals surface area contributed by atoms with Crippen LogP contribution in [0.15, 0.2) is 64.1 Å². The number of carbonyl (C=O) groups excluding carboxylic acids is 1. The Balaban J connectivity index is 1.45. The number of anilines is 1. The number of benzene rings is 1. The van der Waals surface area contributed by atoms with E-state index in [4.69, 9.17) is 4.42 Å². The number of hydrogen-bond acceptors (Lipinski definition) is 7. The Morgan fingerprint density at radius 2 is 1.79 bits per heavy atom. The zero-order valence-electron chi connectivity index (χ0n) is 15.9. The molecule has 0 N–H and O–H groups in total. The lowest BCUT2D eigenvalue weighted by atomic mass is 10.2. The van der Waals surface area contributed by atoms with Crippen molar-refractivity contribution in [3.63, 3.8) is 0 Å². The van der Waals surface area contributed by atoms with Crippen LogP contribution in [0.3, 0.4) is 0 Å². The van der Waals surface area contributed by atoms with E-state index in [1.807, 2.05) is 23.1 Å². The van der Waals surface area contributed by atoms with Gasteiger partial charge in [0.2, 0.25) is 10.0 Å². The third-order valence-corrected chi connectivity index (χ3v) is 6.76. The van der Waals surface area contributed by atoms with Crippen LogP contribution in [0.2, 0.25) is 0 Å². The second-order valence-corrected chi connectivity index (χ2v) is 8.67. The molecule has 0 aliphatic carbocycles. The van der Waals surface area contributed by atoms with Gasteiger partial charge in [-0.2, -0.15) is 4.31 Å². The van der Waals surface area contributed by atoms with Gasteiger partial charge in [0.1, 0.15) is 5.69 Å². The molecule has 0 saturated carbocycles. The summed E-state index contributed by atoms with van der Waals surface area (Å²) in [4.78, 5) is 13.7. The van der Waals surface area contributed by atoms with E-state index in [9.17, 15) is 13.2 Å². The molecule has 1 fully saturated rings. The molecule has 0 radical (unpaired) electrons. The van der Waals surface area contributed by atoms with Gasteiger partial charge in [0.05, 0.1) is 11.2 Å². The highest BCUT2D eigenvalue weighted by Gasteiger charge is 2.29. The van der Waals surface area contributed by atoms with Gasteiger partial charge in [-0.15, -0.1) is 10.2 Å². The van der Waals surface area contributed by atoms with Crippen LogP contribution in [0, 0.1) is 0 Å². The lowest BCUT2D eigenvalue weighted by molar-refractivity contribution is 0.101. The lowest BCUT2D eigenvalue weighted by Crippen LogP contribution is -2.49. The molecule has 1 saturated heterocycles. The predicted octanol–water partition coefficient (Wildman–Crippen LogP) is 2.45. The summed E-state index contributed by atoms with van der Waals surface area (Å²) in [6.45, 7) is 3.08. The average Bonchev–Trinajstić information content (AvgIpc) is 3.29. The molecule has 0 bridgehead atoms. The minimum absolute atomic E-state index is 0.140. The molecule has 0 amide bonds. The van der Waals surface area contributed by atoms with E-state index in [-0.39, 0.29) is 10.7 Å². The maximum absolute atomic E-state index is 12.9. The number of sulfonamides is 1. The van der Waals surface area contributed by atoms with Crippen molar-refractivity contribution < 1.29 is 17.6 Å². The number of aromatic nitrogens is 2. The van der Waals surface area contributed by atoms with Gasteiger partial charge in [0.15, 0.2) is 17.4 Å². The number of rotatable bonds is 5. The van der Waals surface area contributed by atoms with E-state index in [0.29, 0.717) is 49.0 Å². The predicted molar refractivity (Wildman–Crippen MR) is 107 cm³/mol. The average molecular weight is 412 g/mol. The fourth-order valence-electron chi connectivity index (χ4n) is 3.23. The quantitative estimate of drug-likeness (QED) is 0.594. The third kappa shape index (κ3) is 3.92. The fraction of sp³-hybridized carbons (Fsp3) is 0.250. The number of furan rings is 1. The number of hydrogen-bond donors (Lipinski definition) is 0. The molecular weight excluding hydrogens is 392 g/mol. The maximum atomic E-state index is 12.9. The normalized spacial score (nSPS) is 15.4. The molecule has 3 aromatic rings. The molecule has 1 aliphatic rings. The van der Waals surface area contributed by atoms with Crippen LogP contribution in [0.1, 0.15) is 17.3 Å². The molecular formula is C20H20N4O4S. The van der Waals surface area contributed by atoms with Crippen molar-refractivity contribution in [3.05, 3.63) is 60.4 Å². The Hall–Kier alpha value is -3.04. The van der Waals surface area contributed by atoms with Gasteiger partial charge in [-0.1, -0.05) is 12.1 Å². The third-order valence-electron chi connectivity index (χ3n) is 4.87. The molecule has 2 aromatic heterocycles. The van der Waals surface area contributed by atoms with E-state index < -0.39 is 10.0 Å². The van der Waals surface area contributed by atoms with Gasteiger partial charge in [-0.3, -0.25) is 4.79 Å². The Morgan fingerprint density at radius 1 is 1.00 bits per heavy atom. The van der Waals surface area contributed by atoms with Gasteiger partial charge < -0.3 is 9.32 Å². The monoisotopic (exact) mass is 412 g/mol. The summed E-state index contributed by atoms with van der Waals surface area (Å²) in [5.41, 5.74) is 1.03. The summed E-state index contributed by atoms with van der Waals surface area (Å²) in [7, 11) is -3.65. The topological polar surface area (TPSA) is 96.6 Å². The van der Waals surface area contributed by atoms with Crippen molar-refractivity contribution in [2.45, 2.75) is 11.8 Å². The van der Waals surface area contributed by atoms with E-state index in [1.54, 1.807) is 24.5 Å². The van der Waals surface area contributed by atoms with Crippen molar-refractivity contribution in [2.75, 3.05) is 31.1 Å². The lowest BCUT2D eigenvalue weighted by Gasteiger charge is -2.34. The first-order valence-electron chi connectivity index (χ1n) is 9.19. The summed E-state index contributed by atoms with van der Waals surface area (Å²) in [5.74, 6) is 1.17. The van der Waals surface area contributed by atoms with Crippen molar-refractivity contribution in [3.8, 4) is 11.5 Å². The zero-order chi connectivity index (χ0) is 20.4. The smallest absolute Gasteiger partial charge is 0.243 e. The molecule has 0 unspecified atom stereocenters. The van der Waals surface area contributed by atoms with E-state index in [1.165, 1.54) is 23.4 Å². The van der Waals surface area contributed by atoms with Gasteiger partial charge in [-0.25, -0.2) is 8.42 Å². The van der Waals surface area contributed by atoms with Gasteiger partial charge in [0, 0.05) is 31.7 Å². The van der Waals surface area contributed by atoms with Gasteiger partial charge in [0.25, 0.3) is 0 Å². The number of ketones is 1. The van der Waals surface area contributed by atoms with Crippen molar-refractivity contribution >= 4 is 21.6 Å². The number of nitrogens with zero attached hydrogens (tertiary/aromatic N) is 4. The molecule has 4 rings (SSSR count). The number of Topliss-reactive ketones (excluding diaryl/α,β-unsaturated/α-hetero) is 1. The highest BCUT2D eigenvalue weighted by molar-refractivity contribution is 7.89. The molecule has 0 atom stereocenters. The van der Waals surface area contributed by atoms with E-state index in [0.717, 1.165) is 0 Å². The molecule has 150 valence electrons. The van der Waals surface area contributed by atoms with Crippen LogP contribution in [0.5, 0.6) is 0 Å². The summed E-state index contributed by atoms with van der Waals surface area (Å²) in [5, 5.41) is 8.43. The van der Waals surface area contributed by atoms with Crippen molar-refractivity contribution in [1.82, 2.24) is 14.5 Å². The van der Waals surface area contributed by atoms with Crippen molar-refractivity contribution in [2.24, 2.45) is 0 Å². The SMILES string of the molecule is CC(=O)c1cccc(S(=O)(=O)N2CCN(c3ccc(-c4ccco4)nn3)CC2)c1. The summed E-state index contributed by atoms with van der Waals surface area (Å²) < 4.78 is 32.6. The first-order valence-corrected chi connectivity index (χ1v) is 10.6. The summed E-state index contributed by atoms with van der Waals surface area (Å²) in [6, 6.07) is 13.4. The minimum atomic E-state index is -3.65. The second-order valence-electron chi connectivity index (χ2n) is 6.73. The van der Waals surface area contributed by atoms with Gasteiger partial charge >= 0.3 is 0 Å². The molecule has 29 heavy (non-hydrogen) atoms. The Bertz CT molecular complexity index is 1100. The fourth-order valence-corrected chi connectivity index (χ4v) is 4.70. The second kappa shape index (κ2) is 7.76. The summed E-state index contributed by atoms with van der Waals surface area (Å²) >= 11 is 0. The Labute approximate surface area is 168 Å². The highest BCUT2D eigenvalue weighted by Crippen LogP contribution is 2.22. The highest BCUT2D eigenvalue weighted by atomic mass is 32.2. The molecule has 3 heterocycles. The summed E-state index contributed by atoms with van der Waals surface area (Å²) in [6.07, 6.45) is 1.58. The Kier molecular flexibility index (Phi) is 5.16. The molecule has 9 heteroatoms. The van der Waals surface area contributed by atoms with E-state index in [2.05, 4.69) is 10.2 Å². The Morgan fingerprint density at radius 3 is 2.41 bits per heavy atom. The van der Waals surface area contributed by atoms with Crippen LogP contribution < -0.4 is 4.90 Å². The molecule has 0 spiro atoms.